The Morgan fingerprint density at radius 1 is 1.14 bits per heavy atom. The van der Waals surface area contributed by atoms with Crippen LogP contribution in [-0.2, 0) is 11.3 Å². The number of β-amino-alcohol motifs (C(OH)–C–C–N with tert-alkyl or cyclic N) is 1. The number of nitrogens with zero attached hydrogens (tertiary/aromatic N) is 2. The predicted molar refractivity (Wildman–Crippen MR) is 159 cm³/mol. The number of rotatable bonds is 12. The van der Waals surface area contributed by atoms with Gasteiger partial charge < -0.3 is 34.7 Å². The van der Waals surface area contributed by atoms with Gasteiger partial charge in [-0.05, 0) is 61.4 Å². The number of anilines is 2. The van der Waals surface area contributed by atoms with Crippen molar-refractivity contribution >= 4 is 34.0 Å². The fourth-order valence-electron chi connectivity index (χ4n) is 5.11. The van der Waals surface area contributed by atoms with Crippen LogP contribution in [0.1, 0.15) is 18.5 Å². The maximum absolute atomic E-state index is 13.6. The molecular weight excluding hydrogens is 572 g/mol. The van der Waals surface area contributed by atoms with Crippen LogP contribution in [0, 0.1) is 11.8 Å². The quantitative estimate of drug-likeness (QED) is 0.141. The smallest absolute Gasteiger partial charge is 0.406 e. The minimum atomic E-state index is -4.43. The molecule has 0 radical (unpaired) electrons. The first-order chi connectivity index (χ1) is 20.2. The number of hydrogen-bond donors (Lipinski definition) is 3. The van der Waals surface area contributed by atoms with Crippen molar-refractivity contribution in [2.45, 2.75) is 42.6 Å². The summed E-state index contributed by atoms with van der Waals surface area (Å²) in [6.45, 7) is 0.401. The van der Waals surface area contributed by atoms with Gasteiger partial charge in [-0.3, -0.25) is 0 Å². The van der Waals surface area contributed by atoms with E-state index in [9.17, 15) is 22.7 Å². The summed E-state index contributed by atoms with van der Waals surface area (Å²) in [5.41, 5.74) is 2.00. The van der Waals surface area contributed by atoms with Gasteiger partial charge in [0.05, 0.1) is 36.2 Å². The van der Waals surface area contributed by atoms with E-state index in [4.69, 9.17) is 9.47 Å². The highest BCUT2D eigenvalue weighted by molar-refractivity contribution is 7.98. The van der Waals surface area contributed by atoms with Gasteiger partial charge in [0.1, 0.15) is 12.3 Å². The molecule has 42 heavy (non-hydrogen) atoms. The molecule has 0 unspecified atom stereocenters. The number of methoxy groups -OCH3 is 1. The van der Waals surface area contributed by atoms with E-state index in [0.29, 0.717) is 28.9 Å². The molecule has 3 N–H and O–H groups in total. The Bertz CT molecular complexity index is 1380. The number of hydrogen-bond acceptors (Lipinski definition) is 7. The van der Waals surface area contributed by atoms with Crippen LogP contribution in [0.15, 0.2) is 47.4 Å². The van der Waals surface area contributed by atoms with Crippen LogP contribution in [0.5, 0.6) is 5.75 Å². The summed E-state index contributed by atoms with van der Waals surface area (Å²) in [4.78, 5) is 3.09. The summed E-state index contributed by atoms with van der Waals surface area (Å²) in [6.07, 6.45) is -1.40. The Balaban J connectivity index is 1.50. The van der Waals surface area contributed by atoms with Gasteiger partial charge >= 0.3 is 6.18 Å². The minimum absolute atomic E-state index is 0.123. The van der Waals surface area contributed by atoms with E-state index in [1.165, 1.54) is 16.3 Å². The molecule has 1 saturated heterocycles. The molecule has 1 aliphatic rings. The fourth-order valence-corrected chi connectivity index (χ4v) is 5.54. The van der Waals surface area contributed by atoms with E-state index in [-0.39, 0.29) is 24.9 Å². The molecule has 7 nitrogen and oxygen atoms in total. The summed E-state index contributed by atoms with van der Waals surface area (Å²) in [6, 6.07) is 12.5. The Morgan fingerprint density at radius 2 is 1.93 bits per heavy atom. The van der Waals surface area contributed by atoms with Crippen molar-refractivity contribution in [1.82, 2.24) is 9.47 Å². The number of aliphatic hydroxyl groups is 1. The van der Waals surface area contributed by atoms with Gasteiger partial charge in [-0.1, -0.05) is 12.0 Å². The zero-order valence-corrected chi connectivity index (χ0v) is 24.5. The van der Waals surface area contributed by atoms with Crippen molar-refractivity contribution < 1.29 is 32.1 Å². The van der Waals surface area contributed by atoms with Crippen molar-refractivity contribution in [3.8, 4) is 17.6 Å². The molecule has 228 valence electrons. The first-order valence-electron chi connectivity index (χ1n) is 13.6. The van der Waals surface area contributed by atoms with Crippen LogP contribution >= 0.6 is 11.8 Å². The first-order valence-corrected chi connectivity index (χ1v) is 14.9. The third-order valence-corrected chi connectivity index (χ3v) is 7.77. The van der Waals surface area contributed by atoms with E-state index in [0.717, 1.165) is 36.5 Å². The lowest BCUT2D eigenvalue weighted by atomic mass is 10.0. The number of fused-ring (bicyclic) bond motifs is 1. The molecule has 1 fully saturated rings. The number of piperidine rings is 1. The van der Waals surface area contributed by atoms with Gasteiger partial charge in [0.25, 0.3) is 0 Å². The topological polar surface area (TPSA) is 70.9 Å². The Kier molecular flexibility index (Phi) is 11.3. The second-order valence-corrected chi connectivity index (χ2v) is 10.9. The molecule has 0 spiro atoms. The lowest BCUT2D eigenvalue weighted by Crippen LogP contribution is -2.43. The normalized spacial score (nSPS) is 15.3. The second-order valence-electron chi connectivity index (χ2n) is 10.1. The zero-order valence-electron chi connectivity index (χ0n) is 23.6. The number of aromatic nitrogens is 1. The number of likely N-dealkylation sites (tertiary alicyclic amines) is 1. The molecule has 12 heteroatoms. The van der Waals surface area contributed by atoms with Crippen molar-refractivity contribution in [3.05, 3.63) is 48.2 Å². The number of ether oxygens (including phenoxy) is 2. The van der Waals surface area contributed by atoms with Crippen molar-refractivity contribution in [2.24, 2.45) is 0 Å². The molecule has 2 heterocycles. The van der Waals surface area contributed by atoms with Crippen molar-refractivity contribution in [1.29, 1.82) is 0 Å². The summed E-state index contributed by atoms with van der Waals surface area (Å²) in [7, 11) is 1.56. The Hall–Kier alpha value is -3.11. The molecule has 3 aromatic rings. The van der Waals surface area contributed by atoms with Gasteiger partial charge in [0.2, 0.25) is 6.86 Å². The van der Waals surface area contributed by atoms with Gasteiger partial charge in [-0.25, -0.2) is 4.39 Å². The number of halogens is 4. The van der Waals surface area contributed by atoms with Crippen LogP contribution in [-0.4, -0.2) is 85.9 Å². The zero-order chi connectivity index (χ0) is 30.1. The third kappa shape index (κ3) is 8.70. The summed E-state index contributed by atoms with van der Waals surface area (Å²) < 4.78 is 64.9. The van der Waals surface area contributed by atoms with E-state index in [2.05, 4.69) is 27.4 Å². The van der Waals surface area contributed by atoms with Crippen molar-refractivity contribution in [3.63, 3.8) is 0 Å². The SMILES string of the molecule is COC[C@H](O)CN1CCC(Nc2cccc3c2cc(C#CCNc2ccc(SC)cc2OCF)n3CC(F)(F)F)CC1. The van der Waals surface area contributed by atoms with Gasteiger partial charge in [-0.2, -0.15) is 13.2 Å². The number of benzene rings is 2. The van der Waals surface area contributed by atoms with E-state index >= 15 is 0 Å². The van der Waals surface area contributed by atoms with Gasteiger partial charge in [0.15, 0.2) is 0 Å². The number of aliphatic hydroxyl groups excluding tert-OH is 1. The maximum Gasteiger partial charge on any atom is 0.406 e. The van der Waals surface area contributed by atoms with E-state index in [1.807, 2.05) is 18.4 Å². The van der Waals surface area contributed by atoms with E-state index in [1.54, 1.807) is 37.4 Å². The van der Waals surface area contributed by atoms with Crippen LogP contribution in [0.4, 0.5) is 28.9 Å². The average Bonchev–Trinajstić information content (AvgIpc) is 3.29. The standard InChI is InChI=1S/C30H36F4N4O3S/c1-40-18-23(39)17-37-13-10-21(11-14-37)36-26-6-3-7-28-25(26)15-22(38(28)19-30(32,33)34)5-4-12-35-27-9-8-24(42-2)16-29(27)41-20-31/h3,6-9,15-16,21,23,35-36,39H,10-14,17-20H2,1-2H3/t23-/m1/s1. The molecule has 0 bridgehead atoms. The molecule has 0 amide bonds. The van der Waals surface area contributed by atoms with Gasteiger partial charge in [0, 0.05) is 48.8 Å². The van der Waals surface area contributed by atoms with Crippen LogP contribution < -0.4 is 15.4 Å². The predicted octanol–water partition coefficient (Wildman–Crippen LogP) is 5.58. The summed E-state index contributed by atoms with van der Waals surface area (Å²) in [5, 5.41) is 17.3. The fraction of sp³-hybridized carbons (Fsp3) is 0.467. The molecular formula is C30H36F4N4O3S. The first kappa shape index (κ1) is 31.8. The molecule has 0 saturated carbocycles. The molecule has 1 atom stereocenters. The highest BCUT2D eigenvalue weighted by Gasteiger charge is 2.30. The maximum atomic E-state index is 13.6. The number of alkyl halides is 4. The van der Waals surface area contributed by atoms with Gasteiger partial charge in [-0.15, -0.1) is 11.8 Å². The largest absolute Gasteiger partial charge is 0.461 e. The van der Waals surface area contributed by atoms with Crippen LogP contribution in [0.3, 0.4) is 0 Å². The summed E-state index contributed by atoms with van der Waals surface area (Å²) >= 11 is 1.49. The molecule has 4 rings (SSSR count). The Morgan fingerprint density at radius 3 is 2.62 bits per heavy atom. The Labute approximate surface area is 247 Å². The minimum Gasteiger partial charge on any atom is -0.461 e. The van der Waals surface area contributed by atoms with Crippen molar-refractivity contribution in [2.75, 3.05) is 63.6 Å². The van der Waals surface area contributed by atoms with Crippen LogP contribution in [0.2, 0.25) is 0 Å². The lowest BCUT2D eigenvalue weighted by Gasteiger charge is -2.34. The highest BCUT2D eigenvalue weighted by atomic mass is 32.2. The van der Waals surface area contributed by atoms with Crippen LogP contribution in [0.25, 0.3) is 10.9 Å². The molecule has 0 aliphatic carbocycles. The second kappa shape index (κ2) is 14.9. The monoisotopic (exact) mass is 608 g/mol. The lowest BCUT2D eigenvalue weighted by molar-refractivity contribution is -0.140. The molecule has 1 aromatic heterocycles. The molecule has 1 aliphatic heterocycles. The van der Waals surface area contributed by atoms with E-state index < -0.39 is 25.7 Å². The third-order valence-electron chi connectivity index (χ3n) is 7.04. The number of nitrogens with one attached hydrogen (secondary N) is 2. The number of thioether (sulfide) groups is 1. The average molecular weight is 609 g/mol. The summed E-state index contributed by atoms with van der Waals surface area (Å²) in [5.74, 6) is 6.14. The highest BCUT2D eigenvalue weighted by Crippen LogP contribution is 2.32. The molecule has 2 aromatic carbocycles.